The number of nitrogens with two attached hydrogens (primary N) is 1. The Balaban J connectivity index is 2.42. The van der Waals surface area contributed by atoms with Crippen molar-refractivity contribution < 1.29 is 23.4 Å². The van der Waals surface area contributed by atoms with Crippen molar-refractivity contribution >= 4 is 21.7 Å². The topological polar surface area (TPSA) is 130 Å². The molecule has 1 fully saturated rings. The van der Waals surface area contributed by atoms with Gasteiger partial charge in [-0.3, -0.25) is 0 Å². The summed E-state index contributed by atoms with van der Waals surface area (Å²) in [5, 5.41) is 26.9. The van der Waals surface area contributed by atoms with Gasteiger partial charge < -0.3 is 15.5 Å². The molecule has 0 heterocycles. The quantitative estimate of drug-likeness (QED) is 0.634. The molecule has 1 aliphatic rings. The Labute approximate surface area is 122 Å². The second kappa shape index (κ2) is 5.63. The van der Waals surface area contributed by atoms with Gasteiger partial charge in [-0.1, -0.05) is 12.8 Å². The molecule has 0 radical (unpaired) electrons. The first kappa shape index (κ1) is 15.7. The number of aliphatic hydroxyl groups is 1. The van der Waals surface area contributed by atoms with Crippen LogP contribution < -0.4 is 10.5 Å². The lowest BCUT2D eigenvalue weighted by Gasteiger charge is -2.30. The van der Waals surface area contributed by atoms with Crippen LogP contribution in [-0.4, -0.2) is 36.7 Å². The lowest BCUT2D eigenvalue weighted by Crippen LogP contribution is -2.39. The third-order valence-electron chi connectivity index (χ3n) is 3.81. The van der Waals surface area contributed by atoms with Gasteiger partial charge in [-0.15, -0.1) is 0 Å². The summed E-state index contributed by atoms with van der Waals surface area (Å²) in [6, 6.07) is 3.66. The molecule has 1 saturated carbocycles. The number of rotatable bonds is 5. The summed E-state index contributed by atoms with van der Waals surface area (Å²) < 4.78 is 22.6. The zero-order valence-electron chi connectivity index (χ0n) is 11.4. The predicted octanol–water partition coefficient (Wildman–Crippen LogP) is 0.749. The van der Waals surface area contributed by atoms with E-state index in [1.165, 1.54) is 12.1 Å². The van der Waals surface area contributed by atoms with Crippen LogP contribution in [0.4, 0.5) is 5.69 Å². The maximum absolute atomic E-state index is 11.3. The molecule has 21 heavy (non-hydrogen) atoms. The van der Waals surface area contributed by atoms with Gasteiger partial charge in [0.25, 0.3) is 0 Å². The van der Waals surface area contributed by atoms with Crippen LogP contribution in [0.1, 0.15) is 36.0 Å². The molecule has 0 amide bonds. The molecule has 8 heteroatoms. The van der Waals surface area contributed by atoms with Crippen molar-refractivity contribution in [2.24, 2.45) is 5.14 Å². The third-order valence-corrected chi connectivity index (χ3v) is 4.72. The van der Waals surface area contributed by atoms with Gasteiger partial charge in [0.2, 0.25) is 10.0 Å². The van der Waals surface area contributed by atoms with Gasteiger partial charge >= 0.3 is 5.97 Å². The average Bonchev–Trinajstić information content (AvgIpc) is 2.87. The van der Waals surface area contributed by atoms with Crippen LogP contribution in [0, 0.1) is 0 Å². The van der Waals surface area contributed by atoms with Gasteiger partial charge in [-0.25, -0.2) is 18.4 Å². The van der Waals surface area contributed by atoms with E-state index in [0.717, 1.165) is 31.7 Å². The number of benzene rings is 1. The van der Waals surface area contributed by atoms with Gasteiger partial charge in [0, 0.05) is 5.69 Å². The predicted molar refractivity (Wildman–Crippen MR) is 76.7 cm³/mol. The minimum atomic E-state index is -3.96. The number of hydrogen-bond acceptors (Lipinski definition) is 5. The van der Waals surface area contributed by atoms with Crippen molar-refractivity contribution in [2.45, 2.75) is 36.1 Å². The molecule has 116 valence electrons. The fourth-order valence-electron chi connectivity index (χ4n) is 2.65. The summed E-state index contributed by atoms with van der Waals surface area (Å²) >= 11 is 0. The van der Waals surface area contributed by atoms with E-state index in [9.17, 15) is 23.4 Å². The monoisotopic (exact) mass is 314 g/mol. The number of anilines is 1. The largest absolute Gasteiger partial charge is 0.478 e. The van der Waals surface area contributed by atoms with Gasteiger partial charge in [0.05, 0.1) is 22.6 Å². The van der Waals surface area contributed by atoms with E-state index in [0.29, 0.717) is 0 Å². The number of carbonyl (C=O) groups is 1. The van der Waals surface area contributed by atoms with Crippen molar-refractivity contribution in [1.29, 1.82) is 0 Å². The van der Waals surface area contributed by atoms with E-state index in [2.05, 4.69) is 5.32 Å². The molecule has 0 aromatic heterocycles. The van der Waals surface area contributed by atoms with Crippen LogP contribution in [0.25, 0.3) is 0 Å². The number of aromatic carboxylic acids is 1. The van der Waals surface area contributed by atoms with Crippen LogP contribution in [0.15, 0.2) is 23.1 Å². The van der Waals surface area contributed by atoms with E-state index in [-0.39, 0.29) is 22.8 Å². The SMILES string of the molecule is NS(=O)(=O)c1ccc(NC2(CO)CCCC2)c(C(=O)O)c1. The Bertz CT molecular complexity index is 651. The smallest absolute Gasteiger partial charge is 0.337 e. The van der Waals surface area contributed by atoms with Crippen molar-refractivity contribution in [3.05, 3.63) is 23.8 Å². The maximum Gasteiger partial charge on any atom is 0.337 e. The molecule has 0 bridgehead atoms. The highest BCUT2D eigenvalue weighted by atomic mass is 32.2. The van der Waals surface area contributed by atoms with Gasteiger partial charge in [0.15, 0.2) is 0 Å². The van der Waals surface area contributed by atoms with Crippen molar-refractivity contribution in [3.63, 3.8) is 0 Å². The second-order valence-electron chi connectivity index (χ2n) is 5.33. The minimum Gasteiger partial charge on any atom is -0.478 e. The molecule has 0 aliphatic heterocycles. The number of sulfonamides is 1. The third kappa shape index (κ3) is 3.34. The first-order valence-electron chi connectivity index (χ1n) is 6.57. The number of carboxylic acids is 1. The summed E-state index contributed by atoms with van der Waals surface area (Å²) in [5.41, 5.74) is -0.445. The Morgan fingerprint density at radius 3 is 2.43 bits per heavy atom. The van der Waals surface area contributed by atoms with Crippen LogP contribution in [-0.2, 0) is 10.0 Å². The van der Waals surface area contributed by atoms with Crippen LogP contribution in [0.5, 0.6) is 0 Å². The number of hydrogen-bond donors (Lipinski definition) is 4. The summed E-state index contributed by atoms with van der Waals surface area (Å²) in [4.78, 5) is 11.1. The fourth-order valence-corrected chi connectivity index (χ4v) is 3.19. The standard InChI is InChI=1S/C13H18N2O5S/c14-21(19,20)9-3-4-11(10(7-9)12(17)18)15-13(8-16)5-1-2-6-13/h3-4,7,15-16H,1-2,5-6,8H2,(H,17,18)(H2,14,19,20). The second-order valence-corrected chi connectivity index (χ2v) is 6.89. The van der Waals surface area contributed by atoms with Gasteiger partial charge in [-0.05, 0) is 31.0 Å². The Morgan fingerprint density at radius 2 is 1.95 bits per heavy atom. The average molecular weight is 314 g/mol. The molecule has 1 aromatic rings. The Kier molecular flexibility index (Phi) is 4.22. The highest BCUT2D eigenvalue weighted by Crippen LogP contribution is 2.34. The van der Waals surface area contributed by atoms with Crippen molar-refractivity contribution in [2.75, 3.05) is 11.9 Å². The number of primary sulfonamides is 1. The molecule has 0 unspecified atom stereocenters. The van der Waals surface area contributed by atoms with Crippen LogP contribution in [0.3, 0.4) is 0 Å². The van der Waals surface area contributed by atoms with Gasteiger partial charge in [-0.2, -0.15) is 0 Å². The summed E-state index contributed by atoms with van der Waals surface area (Å²) in [6.07, 6.45) is 3.37. The molecule has 5 N–H and O–H groups in total. The number of aliphatic hydroxyl groups excluding tert-OH is 1. The van der Waals surface area contributed by atoms with E-state index in [4.69, 9.17) is 5.14 Å². The van der Waals surface area contributed by atoms with E-state index >= 15 is 0 Å². The summed E-state index contributed by atoms with van der Waals surface area (Å²) in [5.74, 6) is -1.26. The highest BCUT2D eigenvalue weighted by molar-refractivity contribution is 7.89. The van der Waals surface area contributed by atoms with Gasteiger partial charge in [0.1, 0.15) is 0 Å². The maximum atomic E-state index is 11.3. The zero-order chi connectivity index (χ0) is 15.7. The normalized spacial score (nSPS) is 17.6. The van der Waals surface area contributed by atoms with Crippen molar-refractivity contribution in [1.82, 2.24) is 0 Å². The van der Waals surface area contributed by atoms with E-state index in [1.807, 2.05) is 0 Å². The summed E-state index contributed by atoms with van der Waals surface area (Å²) in [7, 11) is -3.96. The first-order chi connectivity index (χ1) is 9.77. The van der Waals surface area contributed by atoms with Crippen LogP contribution in [0.2, 0.25) is 0 Å². The molecule has 2 rings (SSSR count). The van der Waals surface area contributed by atoms with E-state index in [1.54, 1.807) is 0 Å². The summed E-state index contributed by atoms with van der Waals surface area (Å²) in [6.45, 7) is -0.108. The molecular weight excluding hydrogens is 296 g/mol. The lowest BCUT2D eigenvalue weighted by atomic mass is 9.97. The number of nitrogens with one attached hydrogen (secondary N) is 1. The Morgan fingerprint density at radius 1 is 1.33 bits per heavy atom. The molecule has 0 atom stereocenters. The Hall–Kier alpha value is -1.64. The van der Waals surface area contributed by atoms with Crippen LogP contribution >= 0.6 is 0 Å². The minimum absolute atomic E-state index is 0.108. The highest BCUT2D eigenvalue weighted by Gasteiger charge is 2.34. The first-order valence-corrected chi connectivity index (χ1v) is 8.11. The molecule has 0 spiro atoms. The fraction of sp³-hybridized carbons (Fsp3) is 0.462. The molecule has 1 aromatic carbocycles. The lowest BCUT2D eigenvalue weighted by molar-refractivity contribution is 0.0697. The van der Waals surface area contributed by atoms with Crippen molar-refractivity contribution in [3.8, 4) is 0 Å². The molecule has 7 nitrogen and oxygen atoms in total. The molecule has 1 aliphatic carbocycles. The number of carboxylic acid groups (broad SMARTS) is 1. The molecular formula is C13H18N2O5S. The molecule has 0 saturated heterocycles. The van der Waals surface area contributed by atoms with E-state index < -0.39 is 21.5 Å². The zero-order valence-corrected chi connectivity index (χ0v) is 12.2.